The number of nitrogens with zero attached hydrogens (tertiary/aromatic N) is 3. The van der Waals surface area contributed by atoms with Gasteiger partial charge in [0.25, 0.3) is 0 Å². The number of nitrogens with two attached hydrogens (primary N) is 1. The van der Waals surface area contributed by atoms with Crippen molar-refractivity contribution >= 4 is 11.3 Å². The van der Waals surface area contributed by atoms with Gasteiger partial charge in [-0.3, -0.25) is 0 Å². The minimum atomic E-state index is 0.326. The Morgan fingerprint density at radius 2 is 2.09 bits per heavy atom. The summed E-state index contributed by atoms with van der Waals surface area (Å²) in [7, 11) is 0. The van der Waals surface area contributed by atoms with E-state index in [0.717, 1.165) is 41.9 Å². The first-order valence-electron chi connectivity index (χ1n) is 8.12. The Bertz CT molecular complexity index is 821. The van der Waals surface area contributed by atoms with Crippen molar-refractivity contribution in [2.75, 3.05) is 5.32 Å². The van der Waals surface area contributed by atoms with Crippen LogP contribution in [0.15, 0.2) is 42.7 Å². The second-order valence-corrected chi connectivity index (χ2v) is 6.38. The normalized spacial score (nSPS) is 21.0. The SMILES string of the molecule is Cc1cnn2c(-c3ccc(NC4CCC(N)C4)nc3)cccc12. The minimum absolute atomic E-state index is 0.326. The van der Waals surface area contributed by atoms with Crippen LogP contribution in [0.3, 0.4) is 0 Å². The summed E-state index contributed by atoms with van der Waals surface area (Å²) in [5, 5.41) is 7.95. The fourth-order valence-electron chi connectivity index (χ4n) is 3.34. The fourth-order valence-corrected chi connectivity index (χ4v) is 3.34. The lowest BCUT2D eigenvalue weighted by atomic mass is 10.1. The molecule has 0 spiro atoms. The van der Waals surface area contributed by atoms with Gasteiger partial charge in [0.05, 0.1) is 17.4 Å². The molecule has 3 heterocycles. The van der Waals surface area contributed by atoms with Crippen molar-refractivity contribution in [3.63, 3.8) is 0 Å². The van der Waals surface area contributed by atoms with E-state index in [-0.39, 0.29) is 0 Å². The van der Waals surface area contributed by atoms with E-state index in [9.17, 15) is 0 Å². The molecule has 0 amide bonds. The van der Waals surface area contributed by atoms with Gasteiger partial charge in [0.1, 0.15) is 5.82 Å². The predicted molar refractivity (Wildman–Crippen MR) is 92.4 cm³/mol. The Balaban J connectivity index is 1.60. The van der Waals surface area contributed by atoms with Gasteiger partial charge in [-0.2, -0.15) is 5.10 Å². The van der Waals surface area contributed by atoms with Crippen molar-refractivity contribution < 1.29 is 0 Å². The van der Waals surface area contributed by atoms with Crippen LogP contribution < -0.4 is 11.1 Å². The third-order valence-electron chi connectivity index (χ3n) is 4.62. The molecule has 3 aromatic heterocycles. The Hall–Kier alpha value is -2.40. The molecular formula is C18H21N5. The number of anilines is 1. The summed E-state index contributed by atoms with van der Waals surface area (Å²) in [6.45, 7) is 2.07. The van der Waals surface area contributed by atoms with E-state index >= 15 is 0 Å². The molecule has 2 atom stereocenters. The largest absolute Gasteiger partial charge is 0.367 e. The molecule has 0 aliphatic heterocycles. The zero-order valence-electron chi connectivity index (χ0n) is 13.2. The average molecular weight is 307 g/mol. The van der Waals surface area contributed by atoms with Gasteiger partial charge < -0.3 is 11.1 Å². The molecule has 1 aliphatic carbocycles. The fraction of sp³-hybridized carbons (Fsp3) is 0.333. The van der Waals surface area contributed by atoms with E-state index in [4.69, 9.17) is 5.73 Å². The summed E-state index contributed by atoms with van der Waals surface area (Å²) in [4.78, 5) is 4.56. The summed E-state index contributed by atoms with van der Waals surface area (Å²) >= 11 is 0. The smallest absolute Gasteiger partial charge is 0.126 e. The number of rotatable bonds is 3. The van der Waals surface area contributed by atoms with Crippen LogP contribution in [-0.4, -0.2) is 26.7 Å². The van der Waals surface area contributed by atoms with Crippen molar-refractivity contribution in [3.8, 4) is 11.3 Å². The van der Waals surface area contributed by atoms with E-state index < -0.39 is 0 Å². The quantitative estimate of drug-likeness (QED) is 0.780. The first kappa shape index (κ1) is 14.2. The summed E-state index contributed by atoms with van der Waals surface area (Å²) in [6, 6.07) is 11.1. The van der Waals surface area contributed by atoms with Gasteiger partial charge in [0.2, 0.25) is 0 Å². The lowest BCUT2D eigenvalue weighted by molar-refractivity contribution is 0.686. The van der Waals surface area contributed by atoms with Crippen LogP contribution in [0.5, 0.6) is 0 Å². The third-order valence-corrected chi connectivity index (χ3v) is 4.62. The standard InChI is InChI=1S/C18H21N5/c1-12-10-21-23-16(12)3-2-4-17(23)13-5-8-18(20-11-13)22-15-7-6-14(19)9-15/h2-5,8,10-11,14-15H,6-7,9,19H2,1H3,(H,20,22). The van der Waals surface area contributed by atoms with Crippen LogP contribution in [0.1, 0.15) is 24.8 Å². The molecule has 5 nitrogen and oxygen atoms in total. The highest BCUT2D eigenvalue weighted by Gasteiger charge is 2.21. The van der Waals surface area contributed by atoms with Crippen LogP contribution in [-0.2, 0) is 0 Å². The third kappa shape index (κ3) is 2.68. The monoisotopic (exact) mass is 307 g/mol. The predicted octanol–water partition coefficient (Wildman–Crippen LogP) is 3.00. The number of hydrogen-bond donors (Lipinski definition) is 2. The summed E-state index contributed by atoms with van der Waals surface area (Å²) in [6.07, 6.45) is 7.04. The highest BCUT2D eigenvalue weighted by Crippen LogP contribution is 2.24. The first-order valence-corrected chi connectivity index (χ1v) is 8.12. The lowest BCUT2D eigenvalue weighted by Crippen LogP contribution is -2.21. The Kier molecular flexibility index (Phi) is 3.50. The number of fused-ring (bicyclic) bond motifs is 1. The molecule has 1 saturated carbocycles. The molecule has 5 heteroatoms. The van der Waals surface area contributed by atoms with E-state index in [2.05, 4.69) is 46.6 Å². The van der Waals surface area contributed by atoms with E-state index in [1.54, 1.807) is 0 Å². The van der Waals surface area contributed by atoms with Crippen LogP contribution in [0.25, 0.3) is 16.8 Å². The average Bonchev–Trinajstić information content (AvgIpc) is 3.14. The Labute approximate surface area is 135 Å². The molecule has 3 N–H and O–H groups in total. The number of aryl methyl sites for hydroxylation is 1. The van der Waals surface area contributed by atoms with Crippen LogP contribution in [0.4, 0.5) is 5.82 Å². The molecule has 0 bridgehead atoms. The van der Waals surface area contributed by atoms with Gasteiger partial charge in [-0.05, 0) is 56.0 Å². The van der Waals surface area contributed by atoms with Crippen LogP contribution >= 0.6 is 0 Å². The van der Waals surface area contributed by atoms with Gasteiger partial charge in [-0.15, -0.1) is 0 Å². The summed E-state index contributed by atoms with van der Waals surface area (Å²) in [5.74, 6) is 0.914. The number of nitrogens with one attached hydrogen (secondary N) is 1. The van der Waals surface area contributed by atoms with Crippen molar-refractivity contribution in [1.82, 2.24) is 14.6 Å². The van der Waals surface area contributed by atoms with Gasteiger partial charge >= 0.3 is 0 Å². The zero-order valence-corrected chi connectivity index (χ0v) is 13.2. The molecular weight excluding hydrogens is 286 g/mol. The topological polar surface area (TPSA) is 68.2 Å². The molecule has 3 aromatic rings. The molecule has 1 fully saturated rings. The van der Waals surface area contributed by atoms with E-state index in [1.807, 2.05) is 23.0 Å². The molecule has 23 heavy (non-hydrogen) atoms. The zero-order chi connectivity index (χ0) is 15.8. The van der Waals surface area contributed by atoms with Crippen molar-refractivity contribution in [3.05, 3.63) is 48.3 Å². The maximum absolute atomic E-state index is 5.96. The maximum Gasteiger partial charge on any atom is 0.126 e. The molecule has 0 saturated heterocycles. The van der Waals surface area contributed by atoms with Gasteiger partial charge in [-0.25, -0.2) is 9.50 Å². The van der Waals surface area contributed by atoms with Crippen molar-refractivity contribution in [1.29, 1.82) is 0 Å². The van der Waals surface area contributed by atoms with Crippen molar-refractivity contribution in [2.24, 2.45) is 5.73 Å². The summed E-state index contributed by atoms with van der Waals surface area (Å²) < 4.78 is 1.97. The maximum atomic E-state index is 5.96. The molecule has 2 unspecified atom stereocenters. The Morgan fingerprint density at radius 1 is 1.17 bits per heavy atom. The van der Waals surface area contributed by atoms with Crippen LogP contribution in [0, 0.1) is 6.92 Å². The molecule has 4 rings (SSSR count). The second-order valence-electron chi connectivity index (χ2n) is 6.38. The van der Waals surface area contributed by atoms with Gasteiger partial charge in [0, 0.05) is 23.8 Å². The van der Waals surface area contributed by atoms with Gasteiger partial charge in [-0.1, -0.05) is 6.07 Å². The summed E-state index contributed by atoms with van der Waals surface area (Å²) in [5.41, 5.74) is 10.4. The van der Waals surface area contributed by atoms with E-state index in [0.29, 0.717) is 12.1 Å². The second kappa shape index (κ2) is 5.66. The van der Waals surface area contributed by atoms with Crippen molar-refractivity contribution in [2.45, 2.75) is 38.3 Å². The number of hydrogen-bond acceptors (Lipinski definition) is 4. The van der Waals surface area contributed by atoms with Crippen LogP contribution in [0.2, 0.25) is 0 Å². The highest BCUT2D eigenvalue weighted by molar-refractivity contribution is 5.66. The number of pyridine rings is 2. The highest BCUT2D eigenvalue weighted by atomic mass is 15.2. The first-order chi connectivity index (χ1) is 11.2. The minimum Gasteiger partial charge on any atom is -0.367 e. The molecule has 0 aromatic carbocycles. The van der Waals surface area contributed by atoms with E-state index in [1.165, 1.54) is 5.56 Å². The molecule has 1 aliphatic rings. The molecule has 118 valence electrons. The van der Waals surface area contributed by atoms with Gasteiger partial charge in [0.15, 0.2) is 0 Å². The molecule has 0 radical (unpaired) electrons. The number of aromatic nitrogens is 3. The Morgan fingerprint density at radius 3 is 2.83 bits per heavy atom. The lowest BCUT2D eigenvalue weighted by Gasteiger charge is -2.13.